The minimum atomic E-state index is 0.293. The van der Waals surface area contributed by atoms with Crippen LogP contribution in [-0.4, -0.2) is 6.04 Å². The number of hydrogen-bond donors (Lipinski definition) is 1. The Morgan fingerprint density at radius 1 is 0.603 bits per heavy atom. The Balaban J connectivity index is 0.743. The summed E-state index contributed by atoms with van der Waals surface area (Å²) in [6, 6.07) is 33.7. The number of furan rings is 3. The number of rotatable bonds is 4. The van der Waals surface area contributed by atoms with Crippen LogP contribution in [0.1, 0.15) is 89.9 Å². The van der Waals surface area contributed by atoms with Gasteiger partial charge in [0.2, 0.25) is 0 Å². The van der Waals surface area contributed by atoms with Gasteiger partial charge in [-0.1, -0.05) is 85.0 Å². The fraction of sp³-hybridized carbons (Fsp3) is 0.222. The van der Waals surface area contributed by atoms with Crippen LogP contribution in [0.25, 0.3) is 66.5 Å². The fourth-order valence-corrected chi connectivity index (χ4v) is 11.1. The zero-order valence-electron chi connectivity index (χ0n) is 32.3. The topological polar surface area (TPSA) is 51.5 Å². The fourth-order valence-electron chi connectivity index (χ4n) is 11.1. The van der Waals surface area contributed by atoms with E-state index in [2.05, 4.69) is 145 Å². The minimum absolute atomic E-state index is 0.293. The van der Waals surface area contributed by atoms with Crippen molar-refractivity contribution in [3.63, 3.8) is 0 Å². The largest absolute Gasteiger partial charge is 0.456 e. The van der Waals surface area contributed by atoms with E-state index < -0.39 is 0 Å². The highest BCUT2D eigenvalue weighted by Crippen LogP contribution is 2.48. The number of allylic oxidation sites excluding steroid dienone is 7. The van der Waals surface area contributed by atoms with Crippen molar-refractivity contribution in [2.24, 2.45) is 5.92 Å². The van der Waals surface area contributed by atoms with Crippen molar-refractivity contribution in [2.45, 2.75) is 68.7 Å². The predicted molar refractivity (Wildman–Crippen MR) is 238 cm³/mol. The third kappa shape index (κ3) is 5.13. The van der Waals surface area contributed by atoms with Crippen LogP contribution in [0.5, 0.6) is 0 Å². The molecule has 8 aromatic rings. The third-order valence-electron chi connectivity index (χ3n) is 14.2. The smallest absolute Gasteiger partial charge is 0.136 e. The highest BCUT2D eigenvalue weighted by Gasteiger charge is 2.35. The van der Waals surface area contributed by atoms with E-state index in [1.807, 2.05) is 0 Å². The Labute approximate surface area is 336 Å². The number of nitrogens with one attached hydrogen (secondary N) is 1. The molecule has 1 saturated carbocycles. The Morgan fingerprint density at radius 3 is 2.17 bits per heavy atom. The molecule has 282 valence electrons. The molecule has 4 nitrogen and oxygen atoms in total. The van der Waals surface area contributed by atoms with E-state index in [0.29, 0.717) is 29.7 Å². The first-order valence-corrected chi connectivity index (χ1v) is 21.3. The molecule has 1 aliphatic heterocycles. The normalized spacial score (nSPS) is 23.7. The molecular weight excluding hydrogens is 711 g/mol. The minimum Gasteiger partial charge on any atom is -0.456 e. The van der Waals surface area contributed by atoms with E-state index in [-0.39, 0.29) is 0 Å². The highest BCUT2D eigenvalue weighted by atomic mass is 16.3. The van der Waals surface area contributed by atoms with Gasteiger partial charge in [0.25, 0.3) is 0 Å². The van der Waals surface area contributed by atoms with Gasteiger partial charge in [-0.15, -0.1) is 0 Å². The van der Waals surface area contributed by atoms with Gasteiger partial charge in [0.1, 0.15) is 33.7 Å². The van der Waals surface area contributed by atoms with Crippen LogP contribution < -0.4 is 5.32 Å². The zero-order chi connectivity index (χ0) is 37.9. The Bertz CT molecular complexity index is 3150. The molecule has 4 aliphatic carbocycles. The summed E-state index contributed by atoms with van der Waals surface area (Å²) < 4.78 is 19.4. The molecule has 4 heteroatoms. The Kier molecular flexibility index (Phi) is 7.13. The van der Waals surface area contributed by atoms with Crippen LogP contribution in [0.15, 0.2) is 152 Å². The zero-order valence-corrected chi connectivity index (χ0v) is 32.3. The SMILES string of the molecule is C1=CCCC(c2ccc3oc4cc5c(cc4c3c2)oc2ccc(C3CCC(C4=CC6c7cc8oc9c(c8cc7NC6C=C4)CC(c4ccccc4)C=C9)CC3)cc25)=C1. The molecule has 3 unspecified atom stereocenters. The molecule has 4 heterocycles. The quantitative estimate of drug-likeness (QED) is 0.194. The van der Waals surface area contributed by atoms with E-state index in [1.165, 1.54) is 81.1 Å². The van der Waals surface area contributed by atoms with Crippen LogP contribution in [0, 0.1) is 5.92 Å². The molecular formula is C54H43NO3. The standard InChI is InChI=1S/C54H43NO3/c1-3-7-31(8-4-1)36-16-20-49-41(24-36)44-27-48-40(28-52(44)56-49)39-23-35(15-19-47(39)55-48)33-11-13-34(14-12-33)38-18-22-51-43(26-38)46-30-53-45(29-54(46)58-51)42-25-37(17-21-50(42)57-53)32-9-5-2-6-10-32/h1-5,7-9,15-23,25-30,33-34,36,39,47,55H,6,10-14,24H2. The van der Waals surface area contributed by atoms with Gasteiger partial charge in [0.05, 0.1) is 6.04 Å². The monoisotopic (exact) mass is 753 g/mol. The van der Waals surface area contributed by atoms with Gasteiger partial charge < -0.3 is 18.6 Å². The van der Waals surface area contributed by atoms with Crippen molar-refractivity contribution in [3.8, 4) is 0 Å². The first kappa shape index (κ1) is 32.8. The lowest BCUT2D eigenvalue weighted by Gasteiger charge is -2.32. The summed E-state index contributed by atoms with van der Waals surface area (Å²) in [7, 11) is 0. The molecule has 13 rings (SSSR count). The van der Waals surface area contributed by atoms with Crippen molar-refractivity contribution in [3.05, 3.63) is 173 Å². The lowest BCUT2D eigenvalue weighted by molar-refractivity contribution is 0.365. The van der Waals surface area contributed by atoms with Crippen LogP contribution in [0.4, 0.5) is 5.69 Å². The number of anilines is 1. The predicted octanol–water partition coefficient (Wildman–Crippen LogP) is 14.7. The van der Waals surface area contributed by atoms with Gasteiger partial charge in [-0.3, -0.25) is 0 Å². The molecule has 58 heavy (non-hydrogen) atoms. The highest BCUT2D eigenvalue weighted by molar-refractivity contribution is 6.15. The number of fused-ring (bicyclic) bond motifs is 12. The first-order chi connectivity index (χ1) is 28.7. The van der Waals surface area contributed by atoms with Crippen LogP contribution >= 0.6 is 0 Å². The van der Waals surface area contributed by atoms with Gasteiger partial charge >= 0.3 is 0 Å². The summed E-state index contributed by atoms with van der Waals surface area (Å²) in [6.07, 6.45) is 26.5. The molecule has 0 amide bonds. The molecule has 1 fully saturated rings. The van der Waals surface area contributed by atoms with Crippen molar-refractivity contribution in [1.29, 1.82) is 0 Å². The molecule has 0 spiro atoms. The van der Waals surface area contributed by atoms with Gasteiger partial charge in [-0.2, -0.15) is 0 Å². The van der Waals surface area contributed by atoms with Crippen molar-refractivity contribution in [2.75, 3.05) is 5.32 Å². The molecule has 1 N–H and O–H groups in total. The second-order valence-corrected chi connectivity index (χ2v) is 17.4. The Hall–Kier alpha value is -6.26. The molecule has 5 aliphatic rings. The molecule has 3 aromatic heterocycles. The maximum Gasteiger partial charge on any atom is 0.136 e. The van der Waals surface area contributed by atoms with E-state index in [9.17, 15) is 0 Å². The van der Waals surface area contributed by atoms with Gasteiger partial charge in [0, 0.05) is 50.0 Å². The lowest BCUT2D eigenvalue weighted by Crippen LogP contribution is -2.22. The van der Waals surface area contributed by atoms with Gasteiger partial charge in [-0.25, -0.2) is 0 Å². The van der Waals surface area contributed by atoms with E-state index in [1.54, 1.807) is 0 Å². The van der Waals surface area contributed by atoms with Gasteiger partial charge in [0.15, 0.2) is 0 Å². The summed E-state index contributed by atoms with van der Waals surface area (Å²) in [5.41, 5.74) is 15.6. The maximum atomic E-state index is 6.51. The number of benzene rings is 5. The lowest BCUT2D eigenvalue weighted by atomic mass is 9.73. The maximum absolute atomic E-state index is 6.51. The number of hydrogen-bond acceptors (Lipinski definition) is 4. The molecule has 5 aromatic carbocycles. The Morgan fingerprint density at radius 2 is 1.36 bits per heavy atom. The first-order valence-electron chi connectivity index (χ1n) is 21.3. The summed E-state index contributed by atoms with van der Waals surface area (Å²) in [6.45, 7) is 0. The average molecular weight is 754 g/mol. The van der Waals surface area contributed by atoms with Gasteiger partial charge in [-0.05, 0) is 145 Å². The summed E-state index contributed by atoms with van der Waals surface area (Å²) in [4.78, 5) is 0. The summed E-state index contributed by atoms with van der Waals surface area (Å²) in [5, 5.41) is 9.71. The second kappa shape index (κ2) is 12.6. The summed E-state index contributed by atoms with van der Waals surface area (Å²) >= 11 is 0. The van der Waals surface area contributed by atoms with Crippen molar-refractivity contribution < 1.29 is 13.3 Å². The van der Waals surface area contributed by atoms with E-state index in [0.717, 1.165) is 69.1 Å². The molecule has 3 atom stereocenters. The summed E-state index contributed by atoms with van der Waals surface area (Å²) in [5.74, 6) is 2.86. The van der Waals surface area contributed by atoms with Crippen LogP contribution in [0.2, 0.25) is 0 Å². The van der Waals surface area contributed by atoms with E-state index in [4.69, 9.17) is 13.3 Å². The second-order valence-electron chi connectivity index (χ2n) is 17.4. The molecule has 0 radical (unpaired) electrons. The van der Waals surface area contributed by atoms with Crippen LogP contribution in [0.3, 0.4) is 0 Å². The average Bonchev–Trinajstić information content (AvgIpc) is 4.04. The van der Waals surface area contributed by atoms with Crippen molar-refractivity contribution in [1.82, 2.24) is 0 Å². The third-order valence-corrected chi connectivity index (χ3v) is 14.2. The van der Waals surface area contributed by atoms with Crippen LogP contribution in [-0.2, 0) is 6.42 Å². The molecule has 0 saturated heterocycles. The van der Waals surface area contributed by atoms with E-state index >= 15 is 0 Å². The molecule has 0 bridgehead atoms. The van der Waals surface area contributed by atoms with Crippen molar-refractivity contribution >= 4 is 72.2 Å².